The quantitative estimate of drug-likeness (QED) is 0.697. The van der Waals surface area contributed by atoms with Gasteiger partial charge in [-0.3, -0.25) is 4.79 Å². The maximum Gasteiger partial charge on any atom is 0.319 e. The number of rotatable bonds is 6. The van der Waals surface area contributed by atoms with Crippen LogP contribution in [0.2, 0.25) is 0 Å². The van der Waals surface area contributed by atoms with E-state index in [2.05, 4.69) is 20.9 Å². The summed E-state index contributed by atoms with van der Waals surface area (Å²) < 4.78 is 1.97. The van der Waals surface area contributed by atoms with Gasteiger partial charge < -0.3 is 20.5 Å². The molecule has 0 radical (unpaired) electrons. The lowest BCUT2D eigenvalue weighted by Crippen LogP contribution is -2.46. The Hall–Kier alpha value is -2.61. The van der Waals surface area contributed by atoms with Gasteiger partial charge >= 0.3 is 6.03 Å². The highest BCUT2D eigenvalue weighted by atomic mass is 32.1. The van der Waals surface area contributed by atoms with E-state index in [4.69, 9.17) is 0 Å². The lowest BCUT2D eigenvalue weighted by Gasteiger charge is -2.27. The molecule has 1 aliphatic rings. The molecule has 0 fully saturated rings. The predicted octanol–water partition coefficient (Wildman–Crippen LogP) is 1.78. The number of amides is 3. The molecule has 0 saturated heterocycles. The summed E-state index contributed by atoms with van der Waals surface area (Å²) in [6.07, 6.45) is 6.18. The molecule has 0 aliphatic carbocycles. The molecule has 0 aromatic carbocycles. The van der Waals surface area contributed by atoms with E-state index in [0.717, 1.165) is 17.8 Å². The van der Waals surface area contributed by atoms with Crippen molar-refractivity contribution in [3.63, 3.8) is 0 Å². The third-order valence-electron chi connectivity index (χ3n) is 3.78. The summed E-state index contributed by atoms with van der Waals surface area (Å²) in [7, 11) is 0. The number of imidazole rings is 1. The van der Waals surface area contributed by atoms with Crippen LogP contribution in [0.15, 0.2) is 47.5 Å². The van der Waals surface area contributed by atoms with Gasteiger partial charge in [0.15, 0.2) is 0 Å². The van der Waals surface area contributed by atoms with Crippen LogP contribution in [0.25, 0.3) is 0 Å². The summed E-state index contributed by atoms with van der Waals surface area (Å²) >= 11 is 1.51. The van der Waals surface area contributed by atoms with E-state index in [1.54, 1.807) is 19.4 Å². The van der Waals surface area contributed by atoms with Crippen LogP contribution in [-0.4, -0.2) is 28.0 Å². The molecule has 0 bridgehead atoms. The lowest BCUT2D eigenvalue weighted by molar-refractivity contribution is -0.117. The van der Waals surface area contributed by atoms with Crippen molar-refractivity contribution in [2.24, 2.45) is 0 Å². The summed E-state index contributed by atoms with van der Waals surface area (Å²) in [5, 5.41) is 10.4. The normalized spacial score (nSPS) is 17.4. The van der Waals surface area contributed by atoms with E-state index >= 15 is 0 Å². The molecule has 3 rings (SSSR count). The summed E-state index contributed by atoms with van der Waals surface area (Å²) in [5.41, 5.74) is 1.14. The number of hydrogen-bond donors (Lipinski definition) is 3. The summed E-state index contributed by atoms with van der Waals surface area (Å²) in [6.45, 7) is 3.10. The molecule has 3 N–H and O–H groups in total. The summed E-state index contributed by atoms with van der Waals surface area (Å²) in [6, 6.07) is 3.12. The number of nitrogens with zero attached hydrogens (tertiary/aromatic N) is 2. The van der Waals surface area contributed by atoms with Crippen molar-refractivity contribution in [2.75, 3.05) is 6.54 Å². The van der Waals surface area contributed by atoms with Gasteiger partial charge in [-0.2, -0.15) is 0 Å². The fraction of sp³-hybridized carbons (Fsp3) is 0.312. The Labute approximate surface area is 143 Å². The van der Waals surface area contributed by atoms with Gasteiger partial charge in [0.1, 0.15) is 0 Å². The van der Waals surface area contributed by atoms with Crippen molar-refractivity contribution in [2.45, 2.75) is 25.9 Å². The highest BCUT2D eigenvalue weighted by Gasteiger charge is 2.31. The molecule has 24 heavy (non-hydrogen) atoms. The largest absolute Gasteiger partial charge is 0.352 e. The van der Waals surface area contributed by atoms with Crippen molar-refractivity contribution in [1.29, 1.82) is 0 Å². The van der Waals surface area contributed by atoms with Gasteiger partial charge in [-0.05, 0) is 24.8 Å². The number of allylic oxidation sites excluding steroid dienone is 1. The minimum absolute atomic E-state index is 0.163. The molecular weight excluding hydrogens is 326 g/mol. The summed E-state index contributed by atoms with van der Waals surface area (Å²) in [5.74, 6) is -0.163. The van der Waals surface area contributed by atoms with Gasteiger partial charge in [0, 0.05) is 36.1 Å². The molecule has 1 atom stereocenters. The first-order valence-electron chi connectivity index (χ1n) is 7.71. The average Bonchev–Trinajstić information content (AvgIpc) is 3.24. The zero-order chi connectivity index (χ0) is 16.9. The van der Waals surface area contributed by atoms with Gasteiger partial charge in [-0.25, -0.2) is 9.78 Å². The molecule has 2 aromatic heterocycles. The zero-order valence-corrected chi connectivity index (χ0v) is 14.1. The Bertz CT molecular complexity index is 737. The molecule has 0 saturated carbocycles. The van der Waals surface area contributed by atoms with Gasteiger partial charge in [0.05, 0.1) is 17.9 Å². The van der Waals surface area contributed by atoms with Gasteiger partial charge in [0.25, 0.3) is 5.91 Å². The zero-order valence-electron chi connectivity index (χ0n) is 13.3. The number of hydrogen-bond acceptors (Lipinski definition) is 4. The van der Waals surface area contributed by atoms with Crippen LogP contribution in [0.3, 0.4) is 0 Å². The second kappa shape index (κ2) is 7.31. The fourth-order valence-corrected chi connectivity index (χ4v) is 3.43. The van der Waals surface area contributed by atoms with Crippen LogP contribution in [0, 0.1) is 0 Å². The number of carbonyl (C=O) groups is 2. The molecule has 2 aromatic rings. The third-order valence-corrected chi connectivity index (χ3v) is 4.72. The number of aromatic nitrogens is 2. The maximum atomic E-state index is 12.6. The highest BCUT2D eigenvalue weighted by molar-refractivity contribution is 7.10. The maximum absolute atomic E-state index is 12.6. The molecule has 1 aliphatic heterocycles. The van der Waals surface area contributed by atoms with E-state index < -0.39 is 6.04 Å². The molecule has 0 spiro atoms. The van der Waals surface area contributed by atoms with Gasteiger partial charge in [-0.1, -0.05) is 6.07 Å². The van der Waals surface area contributed by atoms with E-state index in [9.17, 15) is 9.59 Å². The Morgan fingerprint density at radius 2 is 2.38 bits per heavy atom. The number of thiophene rings is 1. The van der Waals surface area contributed by atoms with Crippen LogP contribution in [0.5, 0.6) is 0 Å². The molecule has 3 amide bonds. The van der Waals surface area contributed by atoms with Crippen LogP contribution < -0.4 is 16.0 Å². The van der Waals surface area contributed by atoms with Crippen molar-refractivity contribution >= 4 is 23.3 Å². The van der Waals surface area contributed by atoms with E-state index in [-0.39, 0.29) is 11.9 Å². The fourth-order valence-electron chi connectivity index (χ4n) is 2.64. The average molecular weight is 345 g/mol. The number of carbonyl (C=O) groups excluding carboxylic acids is 2. The first kappa shape index (κ1) is 16.3. The van der Waals surface area contributed by atoms with Crippen molar-refractivity contribution in [1.82, 2.24) is 25.5 Å². The van der Waals surface area contributed by atoms with Crippen LogP contribution in [0.1, 0.15) is 24.3 Å². The van der Waals surface area contributed by atoms with Crippen molar-refractivity contribution < 1.29 is 9.59 Å². The number of nitrogens with one attached hydrogen (secondary N) is 3. The Kier molecular flexibility index (Phi) is 4.95. The van der Waals surface area contributed by atoms with Crippen LogP contribution in [-0.2, 0) is 11.3 Å². The standard InChI is InChI=1S/C16H19N5O2S/c1-11-13(14(20-16(23)19-11)12-4-2-9-24-12)15(22)18-5-3-7-21-8-6-17-10-21/h2,4,6,8-10,14H,3,5,7H2,1H3,(H,18,22)(H2,19,20,23). The van der Waals surface area contributed by atoms with Crippen molar-refractivity contribution in [3.8, 4) is 0 Å². The summed E-state index contributed by atoms with van der Waals surface area (Å²) in [4.78, 5) is 29.3. The Morgan fingerprint density at radius 3 is 3.08 bits per heavy atom. The molecular formula is C16H19N5O2S. The number of aryl methyl sites for hydroxylation is 1. The minimum atomic E-state index is -0.410. The SMILES string of the molecule is CC1=C(C(=O)NCCCn2ccnc2)C(c2cccs2)NC(=O)N1. The predicted molar refractivity (Wildman–Crippen MR) is 91.3 cm³/mol. The van der Waals surface area contributed by atoms with Gasteiger partial charge in [-0.15, -0.1) is 11.3 Å². The number of urea groups is 1. The van der Waals surface area contributed by atoms with Crippen LogP contribution >= 0.6 is 11.3 Å². The highest BCUT2D eigenvalue weighted by Crippen LogP contribution is 2.29. The van der Waals surface area contributed by atoms with E-state index in [1.807, 2.05) is 28.3 Å². The Morgan fingerprint density at radius 1 is 1.50 bits per heavy atom. The first-order valence-corrected chi connectivity index (χ1v) is 8.59. The Balaban J connectivity index is 1.64. The molecule has 7 nitrogen and oxygen atoms in total. The second-order valence-electron chi connectivity index (χ2n) is 5.50. The second-order valence-corrected chi connectivity index (χ2v) is 6.47. The molecule has 126 valence electrons. The molecule has 3 heterocycles. The topological polar surface area (TPSA) is 88.1 Å². The lowest BCUT2D eigenvalue weighted by atomic mass is 10.0. The van der Waals surface area contributed by atoms with Crippen LogP contribution in [0.4, 0.5) is 4.79 Å². The molecule has 8 heteroatoms. The molecule has 1 unspecified atom stereocenters. The first-order chi connectivity index (χ1) is 11.6. The minimum Gasteiger partial charge on any atom is -0.352 e. The van der Waals surface area contributed by atoms with E-state index in [1.165, 1.54) is 11.3 Å². The van der Waals surface area contributed by atoms with Gasteiger partial charge in [0.2, 0.25) is 0 Å². The van der Waals surface area contributed by atoms with Crippen molar-refractivity contribution in [3.05, 3.63) is 52.4 Å². The third kappa shape index (κ3) is 3.65. The smallest absolute Gasteiger partial charge is 0.319 e. The van der Waals surface area contributed by atoms with E-state index in [0.29, 0.717) is 17.8 Å². The monoisotopic (exact) mass is 345 g/mol.